The summed E-state index contributed by atoms with van der Waals surface area (Å²) < 4.78 is 0. The van der Waals surface area contributed by atoms with Crippen molar-refractivity contribution < 1.29 is 0 Å². The molecule has 0 spiro atoms. The van der Waals surface area contributed by atoms with Crippen molar-refractivity contribution in [1.82, 2.24) is 15.5 Å². The first-order valence-electron chi connectivity index (χ1n) is 7.94. The van der Waals surface area contributed by atoms with Crippen molar-refractivity contribution in [3.05, 3.63) is 10.0 Å². The van der Waals surface area contributed by atoms with E-state index in [4.69, 9.17) is 0 Å². The average Bonchev–Trinajstić information content (AvgIpc) is 2.86. The van der Waals surface area contributed by atoms with E-state index in [1.807, 2.05) is 11.3 Å². The number of fused-ring (bicyclic) bond motifs is 2. The number of aryl methyl sites for hydroxylation is 1. The summed E-state index contributed by atoms with van der Waals surface area (Å²) in [5, 5.41) is 15.1. The van der Waals surface area contributed by atoms with E-state index in [1.54, 1.807) is 0 Å². The van der Waals surface area contributed by atoms with Gasteiger partial charge < -0.3 is 5.32 Å². The van der Waals surface area contributed by atoms with Crippen LogP contribution >= 0.6 is 11.3 Å². The average molecular weight is 277 g/mol. The third-order valence-corrected chi connectivity index (χ3v) is 6.23. The van der Waals surface area contributed by atoms with Crippen molar-refractivity contribution in [2.75, 3.05) is 6.54 Å². The molecule has 3 aliphatic rings. The molecule has 0 amide bonds. The number of nitrogens with one attached hydrogen (secondary N) is 1. The van der Waals surface area contributed by atoms with Crippen LogP contribution in [0, 0.1) is 11.8 Å². The molecule has 3 fully saturated rings. The van der Waals surface area contributed by atoms with Crippen molar-refractivity contribution in [1.29, 1.82) is 0 Å². The summed E-state index contributed by atoms with van der Waals surface area (Å²) in [6, 6.07) is 0.832. The van der Waals surface area contributed by atoms with Gasteiger partial charge in [-0.2, -0.15) is 0 Å². The summed E-state index contributed by atoms with van der Waals surface area (Å²) in [5.41, 5.74) is 0. The molecule has 1 aromatic heterocycles. The highest BCUT2D eigenvalue weighted by molar-refractivity contribution is 7.11. The molecule has 19 heavy (non-hydrogen) atoms. The van der Waals surface area contributed by atoms with Crippen LogP contribution in [0.2, 0.25) is 0 Å². The predicted molar refractivity (Wildman–Crippen MR) is 77.4 cm³/mol. The fraction of sp³-hybridized carbons (Fsp3) is 0.867. The Morgan fingerprint density at radius 3 is 2.79 bits per heavy atom. The molecule has 1 aromatic rings. The largest absolute Gasteiger partial charge is 0.314 e. The molecular formula is C15H23N3S. The monoisotopic (exact) mass is 277 g/mol. The molecule has 0 aromatic carbocycles. The summed E-state index contributed by atoms with van der Waals surface area (Å²) in [6.45, 7) is 1.15. The lowest BCUT2D eigenvalue weighted by atomic mass is 9.89. The second-order valence-electron chi connectivity index (χ2n) is 6.65. The molecule has 1 N–H and O–H groups in total. The first kappa shape index (κ1) is 12.3. The van der Waals surface area contributed by atoms with Gasteiger partial charge in [0.15, 0.2) is 0 Å². The summed E-state index contributed by atoms with van der Waals surface area (Å²) in [6.07, 6.45) is 10.9. The van der Waals surface area contributed by atoms with Gasteiger partial charge >= 0.3 is 0 Å². The highest BCUT2D eigenvalue weighted by Crippen LogP contribution is 2.53. The van der Waals surface area contributed by atoms with E-state index in [2.05, 4.69) is 15.5 Å². The lowest BCUT2D eigenvalue weighted by Gasteiger charge is -2.18. The number of nitrogens with zero attached hydrogens (tertiary/aromatic N) is 2. The molecule has 0 aliphatic heterocycles. The van der Waals surface area contributed by atoms with E-state index in [0.29, 0.717) is 0 Å². The highest BCUT2D eigenvalue weighted by atomic mass is 32.1. The molecule has 104 valence electrons. The Morgan fingerprint density at radius 2 is 2.05 bits per heavy atom. The van der Waals surface area contributed by atoms with Crippen LogP contribution in [-0.2, 0) is 6.42 Å². The standard InChI is InChI=1S/C15H23N3S/c1(7-16-12-5-6-12)2-14-17-18-15(19-14)13-9-10-3-4-11(13)8-10/h10-13,16H,1-9H2. The van der Waals surface area contributed by atoms with E-state index in [1.165, 1.54) is 55.0 Å². The number of aromatic nitrogens is 2. The smallest absolute Gasteiger partial charge is 0.120 e. The summed E-state index contributed by atoms with van der Waals surface area (Å²) in [4.78, 5) is 0. The van der Waals surface area contributed by atoms with Crippen LogP contribution in [0.5, 0.6) is 0 Å². The Hall–Kier alpha value is -0.480. The maximum Gasteiger partial charge on any atom is 0.120 e. The van der Waals surface area contributed by atoms with Crippen molar-refractivity contribution in [2.45, 2.75) is 63.3 Å². The first-order valence-corrected chi connectivity index (χ1v) is 8.76. The Bertz CT molecular complexity index is 440. The minimum absolute atomic E-state index is 0.759. The Kier molecular flexibility index (Phi) is 3.32. The molecule has 3 atom stereocenters. The summed E-state index contributed by atoms with van der Waals surface area (Å²) in [7, 11) is 0. The van der Waals surface area contributed by atoms with Crippen molar-refractivity contribution in [3.8, 4) is 0 Å². The molecule has 3 aliphatic carbocycles. The van der Waals surface area contributed by atoms with E-state index >= 15 is 0 Å². The van der Waals surface area contributed by atoms with Gasteiger partial charge in [0.1, 0.15) is 10.0 Å². The van der Waals surface area contributed by atoms with Gasteiger partial charge in [-0.1, -0.05) is 6.42 Å². The quantitative estimate of drug-likeness (QED) is 0.812. The molecule has 3 saturated carbocycles. The van der Waals surface area contributed by atoms with Crippen molar-refractivity contribution in [2.24, 2.45) is 11.8 Å². The lowest BCUT2D eigenvalue weighted by molar-refractivity contribution is 0.417. The van der Waals surface area contributed by atoms with Crippen LogP contribution in [-0.4, -0.2) is 22.8 Å². The normalized spacial score (nSPS) is 33.2. The third kappa shape index (κ3) is 2.70. The Balaban J connectivity index is 1.29. The van der Waals surface area contributed by atoms with Crippen LogP contribution in [0.1, 0.15) is 60.9 Å². The predicted octanol–water partition coefficient (Wildman–Crippen LogP) is 3.13. The minimum atomic E-state index is 0.759. The molecule has 2 bridgehead atoms. The van der Waals surface area contributed by atoms with Crippen LogP contribution in [0.4, 0.5) is 0 Å². The van der Waals surface area contributed by atoms with Gasteiger partial charge in [-0.3, -0.25) is 0 Å². The van der Waals surface area contributed by atoms with Gasteiger partial charge in [0.05, 0.1) is 0 Å². The molecular weight excluding hydrogens is 254 g/mol. The number of rotatable bonds is 6. The first-order chi connectivity index (χ1) is 9.38. The second kappa shape index (κ2) is 5.13. The maximum atomic E-state index is 4.49. The van der Waals surface area contributed by atoms with Crippen LogP contribution in [0.3, 0.4) is 0 Å². The second-order valence-corrected chi connectivity index (χ2v) is 7.74. The number of hydrogen-bond acceptors (Lipinski definition) is 4. The molecule has 4 heteroatoms. The fourth-order valence-corrected chi connectivity index (χ4v) is 4.99. The number of hydrogen-bond donors (Lipinski definition) is 1. The summed E-state index contributed by atoms with van der Waals surface area (Å²) >= 11 is 1.89. The van der Waals surface area contributed by atoms with Crippen LogP contribution < -0.4 is 5.32 Å². The fourth-order valence-electron chi connectivity index (χ4n) is 3.90. The zero-order chi connectivity index (χ0) is 12.7. The van der Waals surface area contributed by atoms with Gasteiger partial charge in [-0.25, -0.2) is 0 Å². The molecule has 3 nitrogen and oxygen atoms in total. The van der Waals surface area contributed by atoms with E-state index in [0.717, 1.165) is 36.8 Å². The van der Waals surface area contributed by atoms with Gasteiger partial charge in [-0.15, -0.1) is 21.5 Å². The zero-order valence-corrected chi connectivity index (χ0v) is 12.3. The molecule has 0 saturated heterocycles. The molecule has 4 rings (SSSR count). The van der Waals surface area contributed by atoms with Gasteiger partial charge in [-0.05, 0) is 56.9 Å². The van der Waals surface area contributed by atoms with E-state index in [9.17, 15) is 0 Å². The molecule has 1 heterocycles. The zero-order valence-electron chi connectivity index (χ0n) is 11.5. The highest BCUT2D eigenvalue weighted by Gasteiger charge is 2.41. The van der Waals surface area contributed by atoms with Crippen LogP contribution in [0.15, 0.2) is 0 Å². The minimum Gasteiger partial charge on any atom is -0.314 e. The van der Waals surface area contributed by atoms with Crippen molar-refractivity contribution >= 4 is 11.3 Å². The maximum absolute atomic E-state index is 4.49. The lowest BCUT2D eigenvalue weighted by Crippen LogP contribution is -2.17. The van der Waals surface area contributed by atoms with Gasteiger partial charge in [0, 0.05) is 18.4 Å². The Morgan fingerprint density at radius 1 is 1.11 bits per heavy atom. The van der Waals surface area contributed by atoms with Gasteiger partial charge in [0.25, 0.3) is 0 Å². The van der Waals surface area contributed by atoms with Gasteiger partial charge in [0.2, 0.25) is 0 Å². The third-order valence-electron chi connectivity index (χ3n) is 5.12. The summed E-state index contributed by atoms with van der Waals surface area (Å²) in [5.74, 6) is 2.70. The van der Waals surface area contributed by atoms with E-state index < -0.39 is 0 Å². The van der Waals surface area contributed by atoms with Crippen LogP contribution in [0.25, 0.3) is 0 Å². The Labute approximate surface area is 119 Å². The molecule has 0 radical (unpaired) electrons. The van der Waals surface area contributed by atoms with E-state index in [-0.39, 0.29) is 0 Å². The molecule has 3 unspecified atom stereocenters. The SMILES string of the molecule is C(CNC1CC1)Cc1nnc(C2CC3CCC2C3)s1. The van der Waals surface area contributed by atoms with Crippen molar-refractivity contribution in [3.63, 3.8) is 0 Å². The topological polar surface area (TPSA) is 37.8 Å².